The van der Waals surface area contributed by atoms with Crippen LogP contribution in [-0.2, 0) is 6.42 Å². The van der Waals surface area contributed by atoms with E-state index in [1.165, 1.54) is 0 Å². The van der Waals surface area contributed by atoms with Gasteiger partial charge in [0.2, 0.25) is 0 Å². The van der Waals surface area contributed by atoms with Crippen LogP contribution in [0.15, 0.2) is 27.8 Å². The van der Waals surface area contributed by atoms with Gasteiger partial charge in [-0.25, -0.2) is 0 Å². The number of furan rings is 1. The minimum Gasteiger partial charge on any atom is -0.469 e. The molecule has 0 spiro atoms. The monoisotopic (exact) mass is 266 g/mol. The van der Waals surface area contributed by atoms with E-state index in [0.717, 1.165) is 50.9 Å². The molecule has 0 fully saturated rings. The van der Waals surface area contributed by atoms with E-state index in [4.69, 9.17) is 4.42 Å². The van der Waals surface area contributed by atoms with Crippen molar-refractivity contribution in [1.29, 1.82) is 0 Å². The first-order valence-electron chi connectivity index (χ1n) is 6.99. The number of likely N-dealkylation sites (N-methyl/N-ethyl adjacent to an activating group) is 1. The Hall–Kier alpha value is -1.49. The van der Waals surface area contributed by atoms with E-state index >= 15 is 0 Å². The molecular formula is C14H26N4O. The Kier molecular flexibility index (Phi) is 7.74. The average Bonchev–Trinajstić information content (AvgIpc) is 2.91. The molecule has 0 amide bonds. The molecule has 0 atom stereocenters. The van der Waals surface area contributed by atoms with Gasteiger partial charge in [0.1, 0.15) is 5.76 Å². The molecule has 1 heterocycles. The number of rotatable bonds is 8. The summed E-state index contributed by atoms with van der Waals surface area (Å²) in [6.45, 7) is 8.75. The van der Waals surface area contributed by atoms with Crippen LogP contribution in [0.5, 0.6) is 0 Å². The summed E-state index contributed by atoms with van der Waals surface area (Å²) in [7, 11) is 2.10. The molecule has 5 nitrogen and oxygen atoms in total. The third-order valence-electron chi connectivity index (χ3n) is 2.88. The van der Waals surface area contributed by atoms with Crippen LogP contribution in [-0.4, -0.2) is 50.6 Å². The van der Waals surface area contributed by atoms with Crippen molar-refractivity contribution >= 4 is 5.96 Å². The third-order valence-corrected chi connectivity index (χ3v) is 2.88. The molecule has 0 radical (unpaired) electrons. The molecule has 0 aliphatic carbocycles. The number of hydrogen-bond donors (Lipinski definition) is 2. The topological polar surface area (TPSA) is 52.8 Å². The first-order chi connectivity index (χ1) is 9.26. The first-order valence-corrected chi connectivity index (χ1v) is 6.99. The Morgan fingerprint density at radius 2 is 2.21 bits per heavy atom. The van der Waals surface area contributed by atoms with Gasteiger partial charge in [0.25, 0.3) is 0 Å². The van der Waals surface area contributed by atoms with Crippen LogP contribution in [0.2, 0.25) is 0 Å². The Labute approximate surface area is 116 Å². The largest absolute Gasteiger partial charge is 0.469 e. The second kappa shape index (κ2) is 9.44. The van der Waals surface area contributed by atoms with Crippen molar-refractivity contribution in [3.63, 3.8) is 0 Å². The quantitative estimate of drug-likeness (QED) is 0.550. The predicted molar refractivity (Wildman–Crippen MR) is 79.6 cm³/mol. The highest BCUT2D eigenvalue weighted by Gasteiger charge is 1.99. The molecular weight excluding hydrogens is 240 g/mol. The molecule has 0 aliphatic heterocycles. The van der Waals surface area contributed by atoms with Crippen LogP contribution < -0.4 is 10.6 Å². The molecule has 0 saturated heterocycles. The lowest BCUT2D eigenvalue weighted by Gasteiger charge is -2.14. The van der Waals surface area contributed by atoms with Crippen molar-refractivity contribution in [3.05, 3.63) is 24.2 Å². The number of nitrogens with zero attached hydrogens (tertiary/aromatic N) is 2. The van der Waals surface area contributed by atoms with Crippen LogP contribution in [0.25, 0.3) is 0 Å². The lowest BCUT2D eigenvalue weighted by molar-refractivity contribution is 0.363. The van der Waals surface area contributed by atoms with Gasteiger partial charge in [-0.3, -0.25) is 4.99 Å². The van der Waals surface area contributed by atoms with Gasteiger partial charge >= 0.3 is 0 Å². The number of nitrogens with one attached hydrogen (secondary N) is 2. The summed E-state index contributed by atoms with van der Waals surface area (Å²) in [5.41, 5.74) is 0. The highest BCUT2D eigenvalue weighted by molar-refractivity contribution is 5.79. The zero-order valence-corrected chi connectivity index (χ0v) is 12.3. The van der Waals surface area contributed by atoms with Crippen molar-refractivity contribution in [2.24, 2.45) is 4.99 Å². The Morgan fingerprint density at radius 3 is 2.84 bits per heavy atom. The second-order valence-electron chi connectivity index (χ2n) is 4.41. The standard InChI is InChI=1S/C14H26N4O/c1-4-15-14(17-10-11-18(3)5-2)16-9-8-13-7-6-12-19-13/h6-7,12H,4-5,8-11H2,1-3H3,(H2,15,16,17). The van der Waals surface area contributed by atoms with E-state index in [2.05, 4.69) is 41.4 Å². The molecule has 1 aromatic rings. The van der Waals surface area contributed by atoms with Crippen LogP contribution in [0.4, 0.5) is 0 Å². The van der Waals surface area contributed by atoms with E-state index in [-0.39, 0.29) is 0 Å². The maximum atomic E-state index is 5.30. The highest BCUT2D eigenvalue weighted by Crippen LogP contribution is 1.99. The summed E-state index contributed by atoms with van der Waals surface area (Å²) in [5, 5.41) is 6.56. The van der Waals surface area contributed by atoms with Gasteiger partial charge in [0.15, 0.2) is 5.96 Å². The zero-order valence-electron chi connectivity index (χ0n) is 12.3. The van der Waals surface area contributed by atoms with Crippen molar-refractivity contribution in [2.45, 2.75) is 20.3 Å². The highest BCUT2D eigenvalue weighted by atomic mass is 16.3. The predicted octanol–water partition coefficient (Wildman–Crippen LogP) is 1.33. The zero-order chi connectivity index (χ0) is 13.9. The Bertz CT molecular complexity index is 348. The Morgan fingerprint density at radius 1 is 1.37 bits per heavy atom. The fourth-order valence-electron chi connectivity index (χ4n) is 1.59. The lowest BCUT2D eigenvalue weighted by Crippen LogP contribution is -2.38. The van der Waals surface area contributed by atoms with Gasteiger partial charge in [-0.2, -0.15) is 0 Å². The number of aliphatic imine (C=N–C) groups is 1. The van der Waals surface area contributed by atoms with Crippen LogP contribution in [0, 0.1) is 0 Å². The molecule has 0 aliphatic rings. The van der Waals surface area contributed by atoms with Crippen molar-refractivity contribution < 1.29 is 4.42 Å². The maximum absolute atomic E-state index is 5.30. The molecule has 2 N–H and O–H groups in total. The SMILES string of the molecule is CCNC(=NCCN(C)CC)NCCc1ccco1. The fourth-order valence-corrected chi connectivity index (χ4v) is 1.59. The molecule has 0 saturated carbocycles. The molecule has 0 aromatic carbocycles. The summed E-state index contributed by atoms with van der Waals surface area (Å²) < 4.78 is 5.30. The maximum Gasteiger partial charge on any atom is 0.191 e. The molecule has 1 aromatic heterocycles. The molecule has 5 heteroatoms. The van der Waals surface area contributed by atoms with E-state index < -0.39 is 0 Å². The van der Waals surface area contributed by atoms with Gasteiger partial charge in [-0.15, -0.1) is 0 Å². The van der Waals surface area contributed by atoms with Gasteiger partial charge < -0.3 is 20.0 Å². The molecule has 1 rings (SSSR count). The smallest absolute Gasteiger partial charge is 0.191 e. The third kappa shape index (κ3) is 6.86. The van der Waals surface area contributed by atoms with Gasteiger partial charge in [-0.05, 0) is 32.6 Å². The summed E-state index contributed by atoms with van der Waals surface area (Å²) >= 11 is 0. The van der Waals surface area contributed by atoms with Crippen LogP contribution >= 0.6 is 0 Å². The molecule has 19 heavy (non-hydrogen) atoms. The molecule has 108 valence electrons. The average molecular weight is 266 g/mol. The van der Waals surface area contributed by atoms with Gasteiger partial charge in [0, 0.05) is 26.1 Å². The Balaban J connectivity index is 2.28. The summed E-state index contributed by atoms with van der Waals surface area (Å²) in [5.74, 6) is 1.87. The molecule has 0 bridgehead atoms. The van der Waals surface area contributed by atoms with Crippen LogP contribution in [0.3, 0.4) is 0 Å². The van der Waals surface area contributed by atoms with E-state index in [1.807, 2.05) is 12.1 Å². The van der Waals surface area contributed by atoms with Gasteiger partial charge in [-0.1, -0.05) is 6.92 Å². The lowest BCUT2D eigenvalue weighted by atomic mass is 10.3. The minimum atomic E-state index is 0.806. The van der Waals surface area contributed by atoms with Crippen molar-refractivity contribution in [2.75, 3.05) is 39.8 Å². The first kappa shape index (κ1) is 15.6. The van der Waals surface area contributed by atoms with Crippen LogP contribution in [0.1, 0.15) is 19.6 Å². The van der Waals surface area contributed by atoms with E-state index in [0.29, 0.717) is 0 Å². The second-order valence-corrected chi connectivity index (χ2v) is 4.41. The van der Waals surface area contributed by atoms with Crippen molar-refractivity contribution in [1.82, 2.24) is 15.5 Å². The number of guanidine groups is 1. The van der Waals surface area contributed by atoms with Gasteiger partial charge in [0.05, 0.1) is 12.8 Å². The summed E-state index contributed by atoms with van der Waals surface area (Å²) in [4.78, 5) is 6.79. The normalized spacial score (nSPS) is 11.9. The summed E-state index contributed by atoms with van der Waals surface area (Å²) in [6.07, 6.45) is 2.57. The van der Waals surface area contributed by atoms with E-state index in [1.54, 1.807) is 6.26 Å². The minimum absolute atomic E-state index is 0.806. The fraction of sp³-hybridized carbons (Fsp3) is 0.643. The summed E-state index contributed by atoms with van der Waals surface area (Å²) in [6, 6.07) is 3.90. The molecule has 0 unspecified atom stereocenters. The van der Waals surface area contributed by atoms with E-state index in [9.17, 15) is 0 Å². The van der Waals surface area contributed by atoms with Crippen molar-refractivity contribution in [3.8, 4) is 0 Å². The number of hydrogen-bond acceptors (Lipinski definition) is 3.